The van der Waals surface area contributed by atoms with Gasteiger partial charge in [-0.15, -0.1) is 0 Å². The number of para-hydroxylation sites is 1. The van der Waals surface area contributed by atoms with E-state index in [9.17, 15) is 13.2 Å². The molecule has 2 aromatic carbocycles. The topological polar surface area (TPSA) is 84.7 Å². The number of likely N-dealkylation sites (N-methyl/N-ethyl adjacent to an activating group) is 1. The quantitative estimate of drug-likeness (QED) is 0.402. The summed E-state index contributed by atoms with van der Waals surface area (Å²) in [7, 11) is -1.72. The Balaban J connectivity index is 1.43. The fourth-order valence-corrected chi connectivity index (χ4v) is 5.95. The van der Waals surface area contributed by atoms with Crippen molar-refractivity contribution in [2.45, 2.75) is 50.5 Å². The zero-order valence-corrected chi connectivity index (χ0v) is 21.3. The molecule has 188 valence electrons. The second-order valence-corrected chi connectivity index (χ2v) is 10.9. The molecule has 0 atom stereocenters. The summed E-state index contributed by atoms with van der Waals surface area (Å²) in [5.74, 6) is 1.61. The molecular weight excluding hydrogens is 464 g/mol. The molecule has 4 rings (SSSR count). The van der Waals surface area contributed by atoms with Crippen molar-refractivity contribution < 1.29 is 17.9 Å². The van der Waals surface area contributed by atoms with Crippen molar-refractivity contribution in [1.29, 1.82) is 0 Å². The highest BCUT2D eigenvalue weighted by molar-refractivity contribution is 7.89. The van der Waals surface area contributed by atoms with E-state index in [0.29, 0.717) is 44.6 Å². The van der Waals surface area contributed by atoms with Gasteiger partial charge in [-0.25, -0.2) is 13.4 Å². The Bertz CT molecular complexity index is 1250. The first kappa shape index (κ1) is 25.2. The number of aryl methyl sites for hydroxylation is 2. The standard InChI is InChI=1S/C26H34N4O4S/c1-3-15-30-24-12-11-22(35(32,33)29-16-7-8-17-29)20-23(24)27-25(30)13-14-26(31)28(2)18-19-34-21-9-5-4-6-10-21/h4-6,9-12,20H,3,7-8,13-19H2,1-2H3. The van der Waals surface area contributed by atoms with Crippen LogP contribution in [0.4, 0.5) is 0 Å². The van der Waals surface area contributed by atoms with Gasteiger partial charge in [-0.2, -0.15) is 4.31 Å². The van der Waals surface area contributed by atoms with Crippen molar-refractivity contribution in [3.05, 3.63) is 54.4 Å². The number of ether oxygens (including phenoxy) is 1. The van der Waals surface area contributed by atoms with Crippen LogP contribution < -0.4 is 4.74 Å². The third-order valence-electron chi connectivity index (χ3n) is 6.38. The Hall–Kier alpha value is -2.91. The minimum Gasteiger partial charge on any atom is -0.492 e. The van der Waals surface area contributed by atoms with Gasteiger partial charge in [0.05, 0.1) is 22.5 Å². The van der Waals surface area contributed by atoms with Gasteiger partial charge < -0.3 is 14.2 Å². The van der Waals surface area contributed by atoms with Gasteiger partial charge in [0.1, 0.15) is 18.2 Å². The Morgan fingerprint density at radius 3 is 2.57 bits per heavy atom. The van der Waals surface area contributed by atoms with E-state index in [1.165, 1.54) is 0 Å². The molecule has 9 heteroatoms. The van der Waals surface area contributed by atoms with Crippen molar-refractivity contribution in [2.24, 2.45) is 0 Å². The lowest BCUT2D eigenvalue weighted by molar-refractivity contribution is -0.130. The minimum atomic E-state index is -3.50. The molecule has 0 aliphatic carbocycles. The molecule has 3 aromatic rings. The van der Waals surface area contributed by atoms with Gasteiger partial charge in [-0.1, -0.05) is 25.1 Å². The Kier molecular flexibility index (Phi) is 8.07. The predicted molar refractivity (Wildman–Crippen MR) is 136 cm³/mol. The number of benzene rings is 2. The van der Waals surface area contributed by atoms with E-state index in [4.69, 9.17) is 9.72 Å². The molecule has 0 spiro atoms. The van der Waals surface area contributed by atoms with Crippen LogP contribution in [0.5, 0.6) is 5.75 Å². The number of amides is 1. The van der Waals surface area contributed by atoms with E-state index in [2.05, 4.69) is 11.5 Å². The average molecular weight is 499 g/mol. The van der Waals surface area contributed by atoms with Crippen LogP contribution in [0.25, 0.3) is 11.0 Å². The lowest BCUT2D eigenvalue weighted by atomic mass is 10.2. The number of imidazole rings is 1. The number of aromatic nitrogens is 2. The van der Waals surface area contributed by atoms with Crippen LogP contribution in [0, 0.1) is 0 Å². The van der Waals surface area contributed by atoms with Crippen LogP contribution in [0.2, 0.25) is 0 Å². The molecule has 8 nitrogen and oxygen atoms in total. The second-order valence-electron chi connectivity index (χ2n) is 8.92. The number of fused-ring (bicyclic) bond motifs is 1. The fourth-order valence-electron chi connectivity index (χ4n) is 4.41. The van der Waals surface area contributed by atoms with Crippen molar-refractivity contribution in [3.63, 3.8) is 0 Å². The van der Waals surface area contributed by atoms with E-state index in [0.717, 1.165) is 42.9 Å². The third kappa shape index (κ3) is 5.85. The highest BCUT2D eigenvalue weighted by Crippen LogP contribution is 2.26. The second kappa shape index (κ2) is 11.2. The Morgan fingerprint density at radius 2 is 1.86 bits per heavy atom. The largest absolute Gasteiger partial charge is 0.492 e. The number of hydrogen-bond donors (Lipinski definition) is 0. The van der Waals surface area contributed by atoms with Crippen molar-refractivity contribution in [3.8, 4) is 5.75 Å². The fraction of sp³-hybridized carbons (Fsp3) is 0.462. The Labute approximate surface area is 207 Å². The lowest BCUT2D eigenvalue weighted by Crippen LogP contribution is -2.31. The SMILES string of the molecule is CCCn1c(CCC(=O)N(C)CCOc2ccccc2)nc2cc(S(=O)(=O)N3CCCC3)ccc21. The molecular formula is C26H34N4O4S. The molecule has 1 fully saturated rings. The smallest absolute Gasteiger partial charge is 0.243 e. The summed E-state index contributed by atoms with van der Waals surface area (Å²) in [5, 5.41) is 0. The van der Waals surface area contributed by atoms with Gasteiger partial charge in [0, 0.05) is 39.5 Å². The van der Waals surface area contributed by atoms with Crippen molar-refractivity contribution in [2.75, 3.05) is 33.3 Å². The highest BCUT2D eigenvalue weighted by atomic mass is 32.2. The number of hydrogen-bond acceptors (Lipinski definition) is 5. The molecule has 1 amide bonds. The van der Waals surface area contributed by atoms with Crippen LogP contribution in [0.3, 0.4) is 0 Å². The summed E-state index contributed by atoms with van der Waals surface area (Å²) in [6, 6.07) is 14.7. The first-order chi connectivity index (χ1) is 16.9. The molecule has 0 radical (unpaired) electrons. The number of rotatable bonds is 11. The zero-order chi connectivity index (χ0) is 24.8. The maximum absolute atomic E-state index is 13.0. The number of nitrogens with zero attached hydrogens (tertiary/aromatic N) is 4. The van der Waals surface area contributed by atoms with E-state index < -0.39 is 10.0 Å². The molecule has 1 aliphatic heterocycles. The summed E-state index contributed by atoms with van der Waals surface area (Å²) >= 11 is 0. The van der Waals surface area contributed by atoms with E-state index in [1.807, 2.05) is 36.4 Å². The molecule has 0 saturated carbocycles. The lowest BCUT2D eigenvalue weighted by Gasteiger charge is -2.17. The molecule has 2 heterocycles. The first-order valence-corrected chi connectivity index (χ1v) is 13.8. The van der Waals surface area contributed by atoms with Crippen LogP contribution in [-0.4, -0.2) is 66.4 Å². The van der Waals surface area contributed by atoms with Crippen LogP contribution in [0.15, 0.2) is 53.4 Å². The average Bonchev–Trinajstić information content (AvgIpc) is 3.52. The van der Waals surface area contributed by atoms with Gasteiger partial charge >= 0.3 is 0 Å². The minimum absolute atomic E-state index is 0.0223. The van der Waals surface area contributed by atoms with E-state index in [1.54, 1.807) is 28.4 Å². The van der Waals surface area contributed by atoms with Gasteiger partial charge in [-0.05, 0) is 49.6 Å². The summed E-state index contributed by atoms with van der Waals surface area (Å²) < 4.78 is 35.3. The number of sulfonamides is 1. The summed E-state index contributed by atoms with van der Waals surface area (Å²) in [6.07, 6.45) is 3.53. The van der Waals surface area contributed by atoms with Gasteiger partial charge in [-0.3, -0.25) is 4.79 Å². The van der Waals surface area contributed by atoms with Gasteiger partial charge in [0.2, 0.25) is 15.9 Å². The predicted octanol–water partition coefficient (Wildman–Crippen LogP) is 3.70. The molecule has 0 unspecified atom stereocenters. The van der Waals surface area contributed by atoms with E-state index in [-0.39, 0.29) is 10.8 Å². The molecule has 0 N–H and O–H groups in total. The summed E-state index contributed by atoms with van der Waals surface area (Å²) in [6.45, 7) is 4.92. The van der Waals surface area contributed by atoms with Gasteiger partial charge in [0.25, 0.3) is 0 Å². The van der Waals surface area contributed by atoms with Gasteiger partial charge in [0.15, 0.2) is 0 Å². The maximum atomic E-state index is 13.0. The number of carbonyl (C=O) groups is 1. The summed E-state index contributed by atoms with van der Waals surface area (Å²) in [4.78, 5) is 19.4. The molecule has 1 aliphatic rings. The summed E-state index contributed by atoms with van der Waals surface area (Å²) in [5.41, 5.74) is 1.56. The monoisotopic (exact) mass is 498 g/mol. The van der Waals surface area contributed by atoms with Crippen molar-refractivity contribution >= 4 is 27.0 Å². The zero-order valence-electron chi connectivity index (χ0n) is 20.5. The highest BCUT2D eigenvalue weighted by Gasteiger charge is 2.28. The van der Waals surface area contributed by atoms with E-state index >= 15 is 0 Å². The first-order valence-electron chi connectivity index (χ1n) is 12.3. The van der Waals surface area contributed by atoms with Crippen molar-refractivity contribution in [1.82, 2.24) is 18.8 Å². The molecule has 1 aromatic heterocycles. The Morgan fingerprint density at radius 1 is 1.11 bits per heavy atom. The van der Waals surface area contributed by atoms with Crippen LogP contribution in [-0.2, 0) is 27.8 Å². The third-order valence-corrected chi connectivity index (χ3v) is 8.27. The maximum Gasteiger partial charge on any atom is 0.243 e. The van der Waals surface area contributed by atoms with Crippen LogP contribution >= 0.6 is 0 Å². The molecule has 0 bridgehead atoms. The molecule has 1 saturated heterocycles. The van der Waals surface area contributed by atoms with Crippen LogP contribution in [0.1, 0.15) is 38.4 Å². The number of carbonyl (C=O) groups excluding carboxylic acids is 1. The molecule has 35 heavy (non-hydrogen) atoms. The normalized spacial score (nSPS) is 14.5.